The lowest BCUT2D eigenvalue weighted by Crippen LogP contribution is -2.58. The Morgan fingerprint density at radius 3 is 2.58 bits per heavy atom. The van der Waals surface area contributed by atoms with Gasteiger partial charge in [0, 0.05) is 32.1 Å². The van der Waals surface area contributed by atoms with E-state index in [1.165, 1.54) is 28.7 Å². The number of hydrogen-bond donors (Lipinski definition) is 3. The van der Waals surface area contributed by atoms with Crippen LogP contribution in [0.1, 0.15) is 39.1 Å². The zero-order chi connectivity index (χ0) is 32.5. The number of rotatable bonds is 7. The molecule has 2 aliphatic rings. The van der Waals surface area contributed by atoms with Gasteiger partial charge in [0.1, 0.15) is 30.5 Å². The molecule has 3 atom stereocenters. The molecule has 5 amide bonds. The van der Waals surface area contributed by atoms with Crippen LogP contribution in [0.5, 0.6) is 5.75 Å². The number of esters is 1. The minimum atomic E-state index is -1.33. The Kier molecular flexibility index (Phi) is 11.4. The average Bonchev–Trinajstić information content (AvgIpc) is 3.54. The molecule has 0 aliphatic carbocycles. The number of fused-ring (bicyclic) bond motifs is 1. The molecule has 2 aromatic carbocycles. The van der Waals surface area contributed by atoms with Gasteiger partial charge >= 0.3 is 5.97 Å². The van der Waals surface area contributed by atoms with Crippen LogP contribution in [0.3, 0.4) is 0 Å². The molecule has 0 bridgehead atoms. The fourth-order valence-corrected chi connectivity index (χ4v) is 6.15. The second-order valence-electron chi connectivity index (χ2n) is 10.8. The summed E-state index contributed by atoms with van der Waals surface area (Å²) >= 11 is 1.38. The van der Waals surface area contributed by atoms with E-state index in [4.69, 9.17) is 9.47 Å². The summed E-state index contributed by atoms with van der Waals surface area (Å²) in [6, 6.07) is 10.4. The Morgan fingerprint density at radius 2 is 1.82 bits per heavy atom. The van der Waals surface area contributed by atoms with E-state index in [-0.39, 0.29) is 30.3 Å². The van der Waals surface area contributed by atoms with E-state index in [1.54, 1.807) is 62.6 Å². The van der Waals surface area contributed by atoms with Gasteiger partial charge in [0.15, 0.2) is 0 Å². The molecule has 0 radical (unpaired) electrons. The van der Waals surface area contributed by atoms with E-state index in [0.29, 0.717) is 35.5 Å². The van der Waals surface area contributed by atoms with Gasteiger partial charge in [0.2, 0.25) is 23.6 Å². The molecule has 1 fully saturated rings. The predicted molar refractivity (Wildman–Crippen MR) is 166 cm³/mol. The zero-order valence-corrected chi connectivity index (χ0v) is 26.2. The normalized spacial score (nSPS) is 20.3. The van der Waals surface area contributed by atoms with Gasteiger partial charge in [-0.1, -0.05) is 30.3 Å². The van der Waals surface area contributed by atoms with Gasteiger partial charge in [-0.05, 0) is 36.6 Å². The molecule has 1 saturated heterocycles. The molecule has 3 N–H and O–H groups in total. The quantitative estimate of drug-likeness (QED) is 0.368. The second-order valence-corrected chi connectivity index (χ2v) is 11.8. The number of thioether (sulfide) groups is 1. The van der Waals surface area contributed by atoms with Crippen LogP contribution in [0.25, 0.3) is 0 Å². The van der Waals surface area contributed by atoms with Gasteiger partial charge in [-0.25, -0.2) is 4.79 Å². The predicted octanol–water partition coefficient (Wildman–Crippen LogP) is 0.578. The molecule has 14 heteroatoms. The number of benzene rings is 2. The Bertz CT molecular complexity index is 1450. The fraction of sp³-hybridized carbons (Fsp3) is 0.419. The van der Waals surface area contributed by atoms with E-state index < -0.39 is 54.3 Å². The second kappa shape index (κ2) is 15.4. The number of methoxy groups -OCH3 is 1. The number of hydrogen-bond acceptors (Lipinski definition) is 9. The molecular weight excluding hydrogens is 602 g/mol. The zero-order valence-electron chi connectivity index (χ0n) is 25.4. The average molecular weight is 640 g/mol. The molecule has 2 aromatic rings. The standard InChI is InChI=1S/C31H37N5O8S/c1-35(2)30(41)23-18-45-17-19-9-4-5-10-20(19)31(42)44-16-22(28(39)34-23)33-29(40)24-12-8-14-36(24)26(37)15-32-27(38)21-11-6-7-13-25(21)43-3/h4-7,9-11,13,22-24H,8,12,14-18H2,1-3H3,(H,32,38)(H,33,40)(H,34,39)/t22-,23-,24+/m1/s1. The number of amides is 5. The van der Waals surface area contributed by atoms with Gasteiger partial charge in [-0.3, -0.25) is 24.0 Å². The van der Waals surface area contributed by atoms with Crippen LogP contribution >= 0.6 is 11.8 Å². The van der Waals surface area contributed by atoms with Crippen molar-refractivity contribution in [3.05, 3.63) is 65.2 Å². The van der Waals surface area contributed by atoms with Crippen molar-refractivity contribution in [3.8, 4) is 5.75 Å². The van der Waals surface area contributed by atoms with Crippen molar-refractivity contribution in [2.24, 2.45) is 0 Å². The molecular formula is C31H37N5O8S. The Hall–Kier alpha value is -4.59. The molecule has 0 spiro atoms. The smallest absolute Gasteiger partial charge is 0.338 e. The minimum absolute atomic E-state index is 0.234. The third-order valence-corrected chi connectivity index (χ3v) is 8.56. The summed E-state index contributed by atoms with van der Waals surface area (Å²) in [5.41, 5.74) is 1.31. The van der Waals surface area contributed by atoms with Crippen LogP contribution in [-0.4, -0.2) is 110 Å². The first-order valence-electron chi connectivity index (χ1n) is 14.5. The van der Waals surface area contributed by atoms with Crippen LogP contribution in [-0.2, 0) is 29.7 Å². The third-order valence-electron chi connectivity index (χ3n) is 7.48. The molecule has 13 nitrogen and oxygen atoms in total. The van der Waals surface area contributed by atoms with Crippen molar-refractivity contribution in [1.82, 2.24) is 25.8 Å². The molecule has 0 aromatic heterocycles. The first-order valence-corrected chi connectivity index (χ1v) is 15.6. The molecule has 2 heterocycles. The van der Waals surface area contributed by atoms with Crippen molar-refractivity contribution in [3.63, 3.8) is 0 Å². The summed E-state index contributed by atoms with van der Waals surface area (Å²) in [5, 5.41) is 7.90. The maximum atomic E-state index is 13.5. The number of likely N-dealkylation sites (tertiary alicyclic amines) is 1. The van der Waals surface area contributed by atoms with Crippen molar-refractivity contribution in [2.75, 3.05) is 46.7 Å². The highest BCUT2D eigenvalue weighted by Crippen LogP contribution is 2.21. The highest BCUT2D eigenvalue weighted by Gasteiger charge is 2.37. The Balaban J connectivity index is 1.47. The number of carbonyl (C=O) groups is 6. The number of nitrogens with one attached hydrogen (secondary N) is 3. The van der Waals surface area contributed by atoms with Gasteiger partial charge in [0.25, 0.3) is 5.91 Å². The minimum Gasteiger partial charge on any atom is -0.496 e. The van der Waals surface area contributed by atoms with Crippen LogP contribution in [0.2, 0.25) is 0 Å². The summed E-state index contributed by atoms with van der Waals surface area (Å²) in [7, 11) is 4.60. The summed E-state index contributed by atoms with van der Waals surface area (Å²) in [5.74, 6) is -2.27. The Morgan fingerprint density at radius 1 is 1.09 bits per heavy atom. The summed E-state index contributed by atoms with van der Waals surface area (Å²) < 4.78 is 10.7. The first-order chi connectivity index (χ1) is 21.6. The van der Waals surface area contributed by atoms with Crippen LogP contribution < -0.4 is 20.7 Å². The topological polar surface area (TPSA) is 163 Å². The number of para-hydroxylation sites is 1. The highest BCUT2D eigenvalue weighted by molar-refractivity contribution is 7.98. The number of likely N-dealkylation sites (N-methyl/N-ethyl adjacent to an activating group) is 1. The fourth-order valence-electron chi connectivity index (χ4n) is 5.10. The third kappa shape index (κ3) is 8.32. The van der Waals surface area contributed by atoms with Crippen LogP contribution in [0.15, 0.2) is 48.5 Å². The van der Waals surface area contributed by atoms with Crippen molar-refractivity contribution in [1.29, 1.82) is 0 Å². The van der Waals surface area contributed by atoms with E-state index in [1.807, 2.05) is 0 Å². The van der Waals surface area contributed by atoms with E-state index >= 15 is 0 Å². The molecule has 0 saturated carbocycles. The number of nitrogens with zero attached hydrogens (tertiary/aromatic N) is 2. The molecule has 4 rings (SSSR count). The Labute approximate surface area is 265 Å². The van der Waals surface area contributed by atoms with Crippen LogP contribution in [0.4, 0.5) is 0 Å². The lowest BCUT2D eigenvalue weighted by atomic mass is 10.1. The van der Waals surface area contributed by atoms with Gasteiger partial charge in [0.05, 0.1) is 24.8 Å². The van der Waals surface area contributed by atoms with Gasteiger partial charge in [-0.15, -0.1) is 0 Å². The monoisotopic (exact) mass is 639 g/mol. The maximum Gasteiger partial charge on any atom is 0.338 e. The molecule has 2 aliphatic heterocycles. The summed E-state index contributed by atoms with van der Waals surface area (Å²) in [6.45, 7) is -0.565. The lowest BCUT2D eigenvalue weighted by molar-refractivity contribution is -0.139. The first kappa shape index (κ1) is 33.3. The van der Waals surface area contributed by atoms with Crippen molar-refractivity contribution < 1.29 is 38.2 Å². The SMILES string of the molecule is COc1ccccc1C(=O)NCC(=O)N1CCC[C@H]1C(=O)N[C@@H]1COC(=O)c2ccccc2CSC[C@H](C(=O)N(C)C)NC1=O. The summed E-state index contributed by atoms with van der Waals surface area (Å²) in [6.07, 6.45) is 0.863. The van der Waals surface area contributed by atoms with Gasteiger partial charge in [-0.2, -0.15) is 11.8 Å². The molecule has 240 valence electrons. The molecule has 45 heavy (non-hydrogen) atoms. The van der Waals surface area contributed by atoms with E-state index in [9.17, 15) is 28.8 Å². The molecule has 0 unspecified atom stereocenters. The van der Waals surface area contributed by atoms with E-state index in [2.05, 4.69) is 16.0 Å². The van der Waals surface area contributed by atoms with E-state index in [0.717, 1.165) is 0 Å². The van der Waals surface area contributed by atoms with Gasteiger partial charge < -0.3 is 35.2 Å². The number of carbonyl (C=O) groups excluding carboxylic acids is 6. The van der Waals surface area contributed by atoms with Crippen molar-refractivity contribution in [2.45, 2.75) is 36.7 Å². The maximum absolute atomic E-state index is 13.5. The highest BCUT2D eigenvalue weighted by atomic mass is 32.2. The van der Waals surface area contributed by atoms with Crippen LogP contribution in [0, 0.1) is 0 Å². The summed E-state index contributed by atoms with van der Waals surface area (Å²) in [4.78, 5) is 81.3. The lowest BCUT2D eigenvalue weighted by Gasteiger charge is -2.28. The number of cyclic esters (lactones) is 1. The largest absolute Gasteiger partial charge is 0.496 e. The number of ether oxygens (including phenoxy) is 2. The van der Waals surface area contributed by atoms with Crippen molar-refractivity contribution >= 4 is 47.3 Å².